The van der Waals surface area contributed by atoms with E-state index in [-0.39, 0.29) is 0 Å². The second-order valence-corrected chi connectivity index (χ2v) is 5.40. The summed E-state index contributed by atoms with van der Waals surface area (Å²) in [5, 5.41) is 10.0. The van der Waals surface area contributed by atoms with Gasteiger partial charge in [-0.3, -0.25) is 0 Å². The van der Waals surface area contributed by atoms with E-state index < -0.39 is 5.60 Å². The topological polar surface area (TPSA) is 87.3 Å². The molecule has 0 bridgehead atoms. The Morgan fingerprint density at radius 1 is 1.42 bits per heavy atom. The molecule has 2 heterocycles. The molecule has 4 N–H and O–H groups in total. The molecule has 19 heavy (non-hydrogen) atoms. The van der Waals surface area contributed by atoms with Gasteiger partial charge >= 0.3 is 0 Å². The van der Waals surface area contributed by atoms with Crippen LogP contribution in [0, 0.1) is 0 Å². The third-order valence-electron chi connectivity index (χ3n) is 3.70. The number of rotatable bonds is 4. The van der Waals surface area contributed by atoms with E-state index in [0.717, 1.165) is 50.2 Å². The summed E-state index contributed by atoms with van der Waals surface area (Å²) in [6.45, 7) is 5.64. The number of aliphatic hydroxyl groups is 1. The minimum absolute atomic E-state index is 0.552. The van der Waals surface area contributed by atoms with E-state index in [0.29, 0.717) is 5.82 Å². The van der Waals surface area contributed by atoms with Crippen molar-refractivity contribution >= 4 is 11.6 Å². The lowest BCUT2D eigenvalue weighted by molar-refractivity contribution is 0.0350. The number of nitrogens with one attached hydrogen (secondary N) is 1. The van der Waals surface area contributed by atoms with Gasteiger partial charge < -0.3 is 15.4 Å². The molecule has 2 rings (SSSR count). The van der Waals surface area contributed by atoms with Crippen molar-refractivity contribution in [3.8, 4) is 0 Å². The summed E-state index contributed by atoms with van der Waals surface area (Å²) in [4.78, 5) is 10.8. The van der Waals surface area contributed by atoms with Crippen molar-refractivity contribution in [2.45, 2.75) is 45.1 Å². The molecule has 1 aromatic rings. The molecule has 106 valence electrons. The lowest BCUT2D eigenvalue weighted by atomic mass is 9.93. The first-order chi connectivity index (χ1) is 9.07. The summed E-state index contributed by atoms with van der Waals surface area (Å²) in [5.41, 5.74) is 3.16. The second kappa shape index (κ2) is 5.71. The minimum atomic E-state index is -0.552. The molecule has 1 fully saturated rings. The summed E-state index contributed by atoms with van der Waals surface area (Å²) in [6.07, 6.45) is 4.96. The van der Waals surface area contributed by atoms with E-state index in [2.05, 4.69) is 27.2 Å². The molecule has 6 nitrogen and oxygen atoms in total. The molecule has 6 heteroatoms. The monoisotopic (exact) mass is 265 g/mol. The molecule has 0 unspecified atom stereocenters. The number of piperidine rings is 1. The number of anilines is 2. The Morgan fingerprint density at radius 2 is 2.11 bits per heavy atom. The summed E-state index contributed by atoms with van der Waals surface area (Å²) in [5.74, 6) is 7.17. The maximum absolute atomic E-state index is 10.0. The van der Waals surface area contributed by atoms with Crippen molar-refractivity contribution in [1.29, 1.82) is 0 Å². The Balaban J connectivity index is 2.24. The molecule has 0 atom stereocenters. The molecule has 1 aliphatic heterocycles. The SMILES string of the molecule is CCCc1c(NN)ncnc1N1CCC(C)(O)CC1. The van der Waals surface area contributed by atoms with Gasteiger partial charge in [-0.25, -0.2) is 15.8 Å². The van der Waals surface area contributed by atoms with Crippen LogP contribution in [0.4, 0.5) is 11.6 Å². The lowest BCUT2D eigenvalue weighted by Crippen LogP contribution is -2.43. The lowest BCUT2D eigenvalue weighted by Gasteiger charge is -2.37. The van der Waals surface area contributed by atoms with Crippen LogP contribution in [0.2, 0.25) is 0 Å². The highest BCUT2D eigenvalue weighted by Crippen LogP contribution is 2.29. The van der Waals surface area contributed by atoms with Crippen LogP contribution in [-0.4, -0.2) is 33.8 Å². The molecular weight excluding hydrogens is 242 g/mol. The Labute approximate surface area is 114 Å². The second-order valence-electron chi connectivity index (χ2n) is 5.40. The van der Waals surface area contributed by atoms with Crippen molar-refractivity contribution in [2.24, 2.45) is 5.84 Å². The summed E-state index contributed by atoms with van der Waals surface area (Å²) in [7, 11) is 0. The first-order valence-corrected chi connectivity index (χ1v) is 6.85. The van der Waals surface area contributed by atoms with E-state index in [1.165, 1.54) is 6.33 Å². The van der Waals surface area contributed by atoms with Crippen LogP contribution in [0.3, 0.4) is 0 Å². The normalized spacial score (nSPS) is 18.4. The molecule has 0 aromatic carbocycles. The van der Waals surface area contributed by atoms with Crippen LogP contribution < -0.4 is 16.2 Å². The van der Waals surface area contributed by atoms with E-state index in [1.54, 1.807) is 0 Å². The van der Waals surface area contributed by atoms with E-state index in [9.17, 15) is 5.11 Å². The molecule has 1 aromatic heterocycles. The number of hydrogen-bond donors (Lipinski definition) is 3. The third kappa shape index (κ3) is 3.13. The quantitative estimate of drug-likeness (QED) is 0.557. The fourth-order valence-corrected chi connectivity index (χ4v) is 2.48. The molecule has 0 spiro atoms. The average Bonchev–Trinajstić information content (AvgIpc) is 2.40. The zero-order valence-electron chi connectivity index (χ0n) is 11.7. The highest BCUT2D eigenvalue weighted by molar-refractivity contribution is 5.58. The van der Waals surface area contributed by atoms with E-state index in [1.807, 2.05) is 6.92 Å². The number of nitrogen functional groups attached to an aromatic ring is 1. The van der Waals surface area contributed by atoms with Crippen LogP contribution >= 0.6 is 0 Å². The Bertz CT molecular complexity index is 425. The number of hydrazine groups is 1. The van der Waals surface area contributed by atoms with Gasteiger partial charge in [0.2, 0.25) is 0 Å². The summed E-state index contributed by atoms with van der Waals surface area (Å²) >= 11 is 0. The van der Waals surface area contributed by atoms with Crippen LogP contribution in [0.1, 0.15) is 38.7 Å². The first kappa shape index (κ1) is 14.0. The standard InChI is InChI=1S/C13H23N5O/c1-3-4-10-11(17-14)15-9-16-12(10)18-7-5-13(2,19)6-8-18/h9,19H,3-8,14H2,1-2H3,(H,15,16,17). The van der Waals surface area contributed by atoms with Gasteiger partial charge in [-0.05, 0) is 26.2 Å². The fraction of sp³-hybridized carbons (Fsp3) is 0.692. The van der Waals surface area contributed by atoms with Crippen LogP contribution in [0.5, 0.6) is 0 Å². The Morgan fingerprint density at radius 3 is 2.68 bits per heavy atom. The summed E-state index contributed by atoms with van der Waals surface area (Å²) in [6, 6.07) is 0. The van der Waals surface area contributed by atoms with Crippen LogP contribution in [0.25, 0.3) is 0 Å². The van der Waals surface area contributed by atoms with E-state index >= 15 is 0 Å². The van der Waals surface area contributed by atoms with Gasteiger partial charge in [0.25, 0.3) is 0 Å². The van der Waals surface area contributed by atoms with Crippen molar-refractivity contribution in [1.82, 2.24) is 9.97 Å². The first-order valence-electron chi connectivity index (χ1n) is 6.85. The number of aromatic nitrogens is 2. The van der Waals surface area contributed by atoms with Gasteiger partial charge in [0.15, 0.2) is 0 Å². The number of nitrogens with zero attached hydrogens (tertiary/aromatic N) is 3. The maximum atomic E-state index is 10.0. The Kier molecular flexibility index (Phi) is 4.21. The van der Waals surface area contributed by atoms with Crippen LogP contribution in [0.15, 0.2) is 6.33 Å². The van der Waals surface area contributed by atoms with Gasteiger partial charge in [-0.15, -0.1) is 0 Å². The highest BCUT2D eigenvalue weighted by atomic mass is 16.3. The molecule has 0 amide bonds. The Hall–Kier alpha value is -1.40. The predicted molar refractivity (Wildman–Crippen MR) is 75.9 cm³/mol. The molecule has 0 radical (unpaired) electrons. The maximum Gasteiger partial charge on any atom is 0.148 e. The van der Waals surface area contributed by atoms with Gasteiger partial charge in [0.1, 0.15) is 18.0 Å². The van der Waals surface area contributed by atoms with Crippen molar-refractivity contribution in [3.63, 3.8) is 0 Å². The molecular formula is C13H23N5O. The van der Waals surface area contributed by atoms with Gasteiger partial charge in [0, 0.05) is 18.7 Å². The predicted octanol–water partition coefficient (Wildman–Crippen LogP) is 1.07. The number of hydrogen-bond acceptors (Lipinski definition) is 6. The molecule has 0 aliphatic carbocycles. The zero-order chi connectivity index (χ0) is 13.9. The smallest absolute Gasteiger partial charge is 0.148 e. The number of nitrogens with two attached hydrogens (primary N) is 1. The molecule has 1 saturated heterocycles. The minimum Gasteiger partial charge on any atom is -0.390 e. The van der Waals surface area contributed by atoms with Crippen molar-refractivity contribution < 1.29 is 5.11 Å². The van der Waals surface area contributed by atoms with Gasteiger partial charge in [0.05, 0.1) is 5.60 Å². The third-order valence-corrected chi connectivity index (χ3v) is 3.70. The van der Waals surface area contributed by atoms with Crippen LogP contribution in [-0.2, 0) is 6.42 Å². The van der Waals surface area contributed by atoms with Crippen molar-refractivity contribution in [2.75, 3.05) is 23.4 Å². The highest BCUT2D eigenvalue weighted by Gasteiger charge is 2.29. The van der Waals surface area contributed by atoms with E-state index in [4.69, 9.17) is 5.84 Å². The van der Waals surface area contributed by atoms with Crippen molar-refractivity contribution in [3.05, 3.63) is 11.9 Å². The average molecular weight is 265 g/mol. The van der Waals surface area contributed by atoms with Gasteiger partial charge in [-0.2, -0.15) is 0 Å². The molecule has 1 aliphatic rings. The fourth-order valence-electron chi connectivity index (χ4n) is 2.48. The zero-order valence-corrected chi connectivity index (χ0v) is 11.7. The molecule has 0 saturated carbocycles. The largest absolute Gasteiger partial charge is 0.390 e. The van der Waals surface area contributed by atoms with Gasteiger partial charge in [-0.1, -0.05) is 13.3 Å². The summed E-state index contributed by atoms with van der Waals surface area (Å²) < 4.78 is 0.